The minimum Gasteiger partial charge on any atom is -0.498 e. The minimum absolute atomic E-state index is 0.0190. The summed E-state index contributed by atoms with van der Waals surface area (Å²) in [5.74, 6) is 0.186. The highest BCUT2D eigenvalue weighted by atomic mass is 19.3. The highest BCUT2D eigenvalue weighted by Crippen LogP contribution is 2.26. The molecule has 1 aromatic heterocycles. The Morgan fingerprint density at radius 3 is 2.54 bits per heavy atom. The first kappa shape index (κ1) is 20.3. The van der Waals surface area contributed by atoms with Crippen LogP contribution in [0.25, 0.3) is 0 Å². The molecular weight excluding hydrogens is 370 g/mol. The van der Waals surface area contributed by atoms with Gasteiger partial charge in [-0.1, -0.05) is 0 Å². The number of nitrogens with one attached hydrogen (secondary N) is 1. The molecule has 3 heterocycles. The van der Waals surface area contributed by atoms with E-state index in [1.165, 1.54) is 13.0 Å². The highest BCUT2D eigenvalue weighted by Gasteiger charge is 2.35. The maximum absolute atomic E-state index is 12.9. The van der Waals surface area contributed by atoms with E-state index >= 15 is 0 Å². The third-order valence-corrected chi connectivity index (χ3v) is 5.48. The Balaban J connectivity index is 1.61. The van der Waals surface area contributed by atoms with E-state index in [9.17, 15) is 18.4 Å². The first-order valence-electron chi connectivity index (χ1n) is 9.49. The lowest BCUT2D eigenvalue weighted by atomic mass is 9.88. The van der Waals surface area contributed by atoms with Crippen LogP contribution >= 0.6 is 0 Å². The van der Waals surface area contributed by atoms with Crippen molar-refractivity contribution < 1.29 is 23.1 Å². The van der Waals surface area contributed by atoms with Gasteiger partial charge in [0, 0.05) is 24.3 Å². The number of allylic oxidation sites excluding steroid dienone is 1. The van der Waals surface area contributed by atoms with Gasteiger partial charge in [-0.2, -0.15) is 13.9 Å². The van der Waals surface area contributed by atoms with E-state index in [0.29, 0.717) is 55.0 Å². The number of hydrogen-bond acceptors (Lipinski definition) is 4. The fraction of sp³-hybridized carbons (Fsp3) is 0.632. The van der Waals surface area contributed by atoms with Crippen LogP contribution in [0.3, 0.4) is 0 Å². The number of carbonyl (C=O) groups excluding carboxylic acids is 2. The minimum atomic E-state index is -2.78. The van der Waals surface area contributed by atoms with Crippen molar-refractivity contribution in [3.8, 4) is 0 Å². The van der Waals surface area contributed by atoms with Crippen LogP contribution < -0.4 is 5.32 Å². The van der Waals surface area contributed by atoms with Gasteiger partial charge in [0.15, 0.2) is 5.69 Å². The predicted octanol–water partition coefficient (Wildman–Crippen LogP) is 2.78. The Hall–Kier alpha value is -2.45. The van der Waals surface area contributed by atoms with Crippen LogP contribution in [0, 0.1) is 6.92 Å². The second-order valence-corrected chi connectivity index (χ2v) is 7.69. The van der Waals surface area contributed by atoms with Gasteiger partial charge in [-0.15, -0.1) is 0 Å². The molecule has 0 radical (unpaired) electrons. The van der Waals surface area contributed by atoms with Crippen molar-refractivity contribution in [2.75, 3.05) is 19.7 Å². The zero-order valence-electron chi connectivity index (χ0n) is 16.4. The molecule has 0 spiro atoms. The van der Waals surface area contributed by atoms with E-state index in [1.54, 1.807) is 11.8 Å². The van der Waals surface area contributed by atoms with Gasteiger partial charge in [0.05, 0.1) is 12.2 Å². The van der Waals surface area contributed by atoms with Crippen molar-refractivity contribution >= 4 is 11.8 Å². The Labute approximate surface area is 162 Å². The van der Waals surface area contributed by atoms with Crippen LogP contribution in [-0.4, -0.2) is 51.7 Å². The Kier molecular flexibility index (Phi) is 5.71. The number of likely N-dealkylation sites (tertiary alicyclic amines) is 1. The number of piperidine rings is 1. The summed E-state index contributed by atoms with van der Waals surface area (Å²) in [6, 6.07) is 1.38. The van der Waals surface area contributed by atoms with E-state index in [1.807, 2.05) is 6.92 Å². The number of rotatable bonds is 4. The monoisotopic (exact) mass is 396 g/mol. The molecule has 0 aliphatic carbocycles. The predicted molar refractivity (Wildman–Crippen MR) is 97.8 cm³/mol. The topological polar surface area (TPSA) is 76.5 Å². The fourth-order valence-corrected chi connectivity index (χ4v) is 3.64. The van der Waals surface area contributed by atoms with Gasteiger partial charge in [-0.05, 0) is 52.5 Å². The molecular formula is C19H26F2N4O3. The van der Waals surface area contributed by atoms with Crippen molar-refractivity contribution in [2.24, 2.45) is 0 Å². The third kappa shape index (κ3) is 4.18. The van der Waals surface area contributed by atoms with E-state index < -0.39 is 12.1 Å². The molecule has 1 fully saturated rings. The number of aryl methyl sites for hydroxylation is 1. The molecule has 154 valence electrons. The summed E-state index contributed by atoms with van der Waals surface area (Å²) in [5, 5.41) is 6.81. The molecule has 0 saturated carbocycles. The van der Waals surface area contributed by atoms with Crippen LogP contribution in [0.4, 0.5) is 8.78 Å². The SMILES string of the molecule is CC1=C(C(=O)NC2(C)CCN(C(=O)c3cc(C)n(C(F)F)n3)CC2)CCCO1. The zero-order chi connectivity index (χ0) is 20.5. The van der Waals surface area contributed by atoms with E-state index in [-0.39, 0.29) is 23.2 Å². The van der Waals surface area contributed by atoms with Crippen LogP contribution in [0.15, 0.2) is 17.4 Å². The molecule has 3 rings (SSSR count). The molecule has 2 aliphatic rings. The second kappa shape index (κ2) is 7.89. The largest absolute Gasteiger partial charge is 0.498 e. The maximum atomic E-state index is 12.9. The van der Waals surface area contributed by atoms with Crippen LogP contribution in [-0.2, 0) is 9.53 Å². The Bertz CT molecular complexity index is 795. The van der Waals surface area contributed by atoms with E-state index in [4.69, 9.17) is 4.74 Å². The number of hydrogen-bond donors (Lipinski definition) is 1. The summed E-state index contributed by atoms with van der Waals surface area (Å²) in [6.45, 7) is 3.96. The summed E-state index contributed by atoms with van der Waals surface area (Å²) in [4.78, 5) is 26.8. The molecule has 9 heteroatoms. The maximum Gasteiger partial charge on any atom is 0.333 e. The normalized spacial score (nSPS) is 19.6. The summed E-state index contributed by atoms with van der Waals surface area (Å²) >= 11 is 0. The molecule has 1 saturated heterocycles. The standard InChI is InChI=1S/C19H26F2N4O3/c1-12-11-15(23-25(12)18(20)21)17(27)24-8-6-19(3,7-9-24)22-16(26)14-5-4-10-28-13(14)2/h11,18H,4-10H2,1-3H3,(H,22,26). The molecule has 2 amide bonds. The van der Waals surface area contributed by atoms with Crippen LogP contribution in [0.2, 0.25) is 0 Å². The van der Waals surface area contributed by atoms with Gasteiger partial charge in [-0.25, -0.2) is 4.68 Å². The number of nitrogens with zero attached hydrogens (tertiary/aromatic N) is 3. The van der Waals surface area contributed by atoms with Gasteiger partial charge in [0.1, 0.15) is 5.76 Å². The van der Waals surface area contributed by atoms with Crippen LogP contribution in [0.5, 0.6) is 0 Å². The third-order valence-electron chi connectivity index (χ3n) is 5.48. The van der Waals surface area contributed by atoms with E-state index in [2.05, 4.69) is 10.4 Å². The zero-order valence-corrected chi connectivity index (χ0v) is 16.4. The summed E-state index contributed by atoms with van der Waals surface area (Å²) in [7, 11) is 0. The van der Waals surface area contributed by atoms with Gasteiger partial charge >= 0.3 is 6.55 Å². The molecule has 1 N–H and O–H groups in total. The molecule has 1 aromatic rings. The van der Waals surface area contributed by atoms with Crippen molar-refractivity contribution in [3.63, 3.8) is 0 Å². The van der Waals surface area contributed by atoms with Gasteiger partial charge in [0.2, 0.25) is 0 Å². The molecule has 0 unspecified atom stereocenters. The van der Waals surface area contributed by atoms with Gasteiger partial charge in [0.25, 0.3) is 11.8 Å². The Morgan fingerprint density at radius 2 is 1.96 bits per heavy atom. The number of alkyl halides is 2. The lowest BCUT2D eigenvalue weighted by Gasteiger charge is -2.40. The van der Waals surface area contributed by atoms with Gasteiger partial charge in [-0.3, -0.25) is 9.59 Å². The van der Waals surface area contributed by atoms with Crippen molar-refractivity contribution in [2.45, 2.75) is 58.5 Å². The number of carbonyl (C=O) groups is 2. The lowest BCUT2D eigenvalue weighted by Crippen LogP contribution is -2.54. The van der Waals surface area contributed by atoms with Crippen molar-refractivity contribution in [1.29, 1.82) is 0 Å². The smallest absolute Gasteiger partial charge is 0.333 e. The number of aromatic nitrogens is 2. The summed E-state index contributed by atoms with van der Waals surface area (Å²) in [5.41, 5.74) is 0.506. The van der Waals surface area contributed by atoms with Crippen LogP contribution in [0.1, 0.15) is 62.3 Å². The molecule has 0 aromatic carbocycles. The lowest BCUT2D eigenvalue weighted by molar-refractivity contribution is -0.120. The average Bonchev–Trinajstić information content (AvgIpc) is 3.04. The molecule has 2 aliphatic heterocycles. The molecule has 7 nitrogen and oxygen atoms in total. The second-order valence-electron chi connectivity index (χ2n) is 7.69. The van der Waals surface area contributed by atoms with Gasteiger partial charge < -0.3 is 15.0 Å². The Morgan fingerprint density at radius 1 is 1.29 bits per heavy atom. The molecule has 28 heavy (non-hydrogen) atoms. The quantitative estimate of drug-likeness (QED) is 0.849. The number of ether oxygens (including phenoxy) is 1. The summed E-state index contributed by atoms with van der Waals surface area (Å²) in [6.07, 6.45) is 2.67. The van der Waals surface area contributed by atoms with E-state index in [0.717, 1.165) is 6.42 Å². The molecule has 0 bridgehead atoms. The molecule has 0 atom stereocenters. The summed E-state index contributed by atoms with van der Waals surface area (Å²) < 4.78 is 31.8. The van der Waals surface area contributed by atoms with Crippen molar-refractivity contribution in [3.05, 3.63) is 28.8 Å². The highest BCUT2D eigenvalue weighted by molar-refractivity contribution is 5.94. The number of halogens is 2. The first-order valence-corrected chi connectivity index (χ1v) is 9.49. The average molecular weight is 396 g/mol. The number of amides is 2. The fourth-order valence-electron chi connectivity index (χ4n) is 3.64. The van der Waals surface area contributed by atoms with Crippen molar-refractivity contribution in [1.82, 2.24) is 20.0 Å². The first-order chi connectivity index (χ1) is 13.2.